The number of hydrogen-bond acceptors (Lipinski definition) is 7. The Kier molecular flexibility index (Phi) is 6.70. The number of amides is 3. The van der Waals surface area contributed by atoms with Gasteiger partial charge in [0.1, 0.15) is 6.54 Å². The van der Waals surface area contributed by atoms with Gasteiger partial charge >= 0.3 is 0 Å². The van der Waals surface area contributed by atoms with Gasteiger partial charge in [-0.3, -0.25) is 19.4 Å². The molecule has 3 aromatic carbocycles. The van der Waals surface area contributed by atoms with Crippen LogP contribution in [0.15, 0.2) is 92.7 Å². The van der Waals surface area contributed by atoms with Gasteiger partial charge in [0, 0.05) is 10.9 Å². The van der Waals surface area contributed by atoms with Crippen LogP contribution < -0.4 is 4.90 Å². The van der Waals surface area contributed by atoms with E-state index in [1.54, 1.807) is 18.2 Å². The quantitative estimate of drug-likeness (QED) is 0.353. The molecule has 6 rings (SSSR count). The molecule has 0 unspecified atom stereocenters. The average molecular weight is 626 g/mol. The minimum Gasteiger partial charge on any atom is -0.271 e. The van der Waals surface area contributed by atoms with E-state index in [2.05, 4.69) is 31.4 Å². The zero-order chi connectivity index (χ0) is 27.3. The minimum absolute atomic E-state index is 0.0964. The van der Waals surface area contributed by atoms with Crippen molar-refractivity contribution in [3.05, 3.63) is 98.4 Å². The first-order valence-electron chi connectivity index (χ1n) is 12.0. The Balaban J connectivity index is 1.27. The average Bonchev–Trinajstić information content (AvgIpc) is 3.62. The molecule has 39 heavy (non-hydrogen) atoms. The second-order valence-electron chi connectivity index (χ2n) is 9.20. The Morgan fingerprint density at radius 2 is 1.62 bits per heavy atom. The van der Waals surface area contributed by atoms with Crippen molar-refractivity contribution in [2.75, 3.05) is 11.4 Å². The Labute approximate surface area is 241 Å². The monoisotopic (exact) mass is 624 g/mol. The summed E-state index contributed by atoms with van der Waals surface area (Å²) in [7, 11) is 0. The van der Waals surface area contributed by atoms with E-state index in [4.69, 9.17) is 23.2 Å². The lowest BCUT2D eigenvalue weighted by atomic mass is 9.98. The van der Waals surface area contributed by atoms with Gasteiger partial charge in [0.15, 0.2) is 12.1 Å². The molecule has 0 saturated carbocycles. The van der Waals surface area contributed by atoms with Crippen molar-refractivity contribution in [3.8, 4) is 0 Å². The van der Waals surface area contributed by atoms with Crippen molar-refractivity contribution < 1.29 is 14.4 Å². The van der Waals surface area contributed by atoms with Crippen LogP contribution in [0.3, 0.4) is 0 Å². The number of para-hydroxylation sites is 1. The summed E-state index contributed by atoms with van der Waals surface area (Å²) in [6.45, 7) is -0.297. The summed E-state index contributed by atoms with van der Waals surface area (Å²) in [5.41, 5.74) is 2.69. The van der Waals surface area contributed by atoms with E-state index < -0.39 is 23.9 Å². The predicted molar refractivity (Wildman–Crippen MR) is 149 cm³/mol. The third-order valence-corrected chi connectivity index (χ3v) is 7.98. The first kappa shape index (κ1) is 25.7. The molecule has 3 aliphatic heterocycles. The van der Waals surface area contributed by atoms with E-state index in [9.17, 15) is 14.4 Å². The lowest BCUT2D eigenvalue weighted by Crippen LogP contribution is -2.44. The molecule has 1 fully saturated rings. The number of anilines is 1. The maximum absolute atomic E-state index is 13.7. The summed E-state index contributed by atoms with van der Waals surface area (Å²) in [6.07, 6.45) is 0.515. The van der Waals surface area contributed by atoms with Crippen LogP contribution in [0.1, 0.15) is 23.6 Å². The molecule has 9 nitrogen and oxygen atoms in total. The largest absolute Gasteiger partial charge is 0.271 e. The molecule has 0 N–H and O–H groups in total. The van der Waals surface area contributed by atoms with E-state index in [1.807, 2.05) is 54.6 Å². The number of rotatable bonds is 5. The van der Waals surface area contributed by atoms with E-state index in [0.717, 1.165) is 26.2 Å². The first-order valence-corrected chi connectivity index (χ1v) is 13.6. The molecule has 3 amide bonds. The van der Waals surface area contributed by atoms with Crippen molar-refractivity contribution >= 4 is 68.3 Å². The molecular weight excluding hydrogens is 607 g/mol. The van der Waals surface area contributed by atoms with Crippen LogP contribution in [-0.4, -0.2) is 52.1 Å². The predicted octanol–water partition coefficient (Wildman–Crippen LogP) is 5.43. The van der Waals surface area contributed by atoms with Crippen LogP contribution in [0.5, 0.6) is 0 Å². The lowest BCUT2D eigenvalue weighted by Gasteiger charge is -2.25. The molecule has 3 heterocycles. The van der Waals surface area contributed by atoms with Crippen molar-refractivity contribution in [2.45, 2.75) is 24.5 Å². The standard InChI is InChI=1S/C27H19BrCl2N6O3/c28-17-11-9-15(10-12-17)20-13-21(16-5-2-1-3-6-16)36(32-20)22(37)14-34-25-23(31-33-34)26(38)35(27(25)39)24-18(29)7-4-8-19(24)30/h1-12,21,23,25H,13-14H2/t21-,23+,25-/m1/s1. The smallest absolute Gasteiger partial charge is 0.264 e. The number of benzene rings is 3. The lowest BCUT2D eigenvalue weighted by molar-refractivity contribution is -0.135. The van der Waals surface area contributed by atoms with E-state index in [1.165, 1.54) is 10.0 Å². The van der Waals surface area contributed by atoms with Crippen molar-refractivity contribution in [1.82, 2.24) is 10.0 Å². The molecule has 0 spiro atoms. The zero-order valence-electron chi connectivity index (χ0n) is 20.1. The first-order chi connectivity index (χ1) is 18.8. The van der Waals surface area contributed by atoms with E-state index >= 15 is 0 Å². The highest BCUT2D eigenvalue weighted by atomic mass is 79.9. The summed E-state index contributed by atoms with van der Waals surface area (Å²) in [5, 5.41) is 15.7. The molecule has 3 atom stereocenters. The van der Waals surface area contributed by atoms with Crippen molar-refractivity contribution in [2.24, 2.45) is 15.4 Å². The summed E-state index contributed by atoms with van der Waals surface area (Å²) in [6, 6.07) is 19.5. The number of hydrazone groups is 1. The van der Waals surface area contributed by atoms with Gasteiger partial charge in [-0.1, -0.05) is 92.9 Å². The number of imide groups is 1. The van der Waals surface area contributed by atoms with Crippen LogP contribution in [0.25, 0.3) is 0 Å². The highest BCUT2D eigenvalue weighted by Gasteiger charge is 2.56. The van der Waals surface area contributed by atoms with Crippen LogP contribution >= 0.6 is 39.1 Å². The van der Waals surface area contributed by atoms with Gasteiger partial charge in [0.25, 0.3) is 17.7 Å². The summed E-state index contributed by atoms with van der Waals surface area (Å²) >= 11 is 16.0. The van der Waals surface area contributed by atoms with E-state index in [0.29, 0.717) is 6.42 Å². The van der Waals surface area contributed by atoms with Crippen LogP contribution in [0.4, 0.5) is 5.69 Å². The SMILES string of the molecule is O=C1[C@H]2N=NN(CC(=O)N3N=C(c4ccc(Br)cc4)C[C@@H]3c3ccccc3)[C@H]2C(=O)N1c1c(Cl)cccc1Cl. The van der Waals surface area contributed by atoms with Gasteiger partial charge in [-0.05, 0) is 35.4 Å². The Morgan fingerprint density at radius 1 is 0.923 bits per heavy atom. The maximum atomic E-state index is 13.7. The Hall–Kier alpha value is -3.60. The molecule has 3 aliphatic rings. The summed E-state index contributed by atoms with van der Waals surface area (Å²) in [4.78, 5) is 41.2. The van der Waals surface area contributed by atoms with E-state index in [-0.39, 0.29) is 34.2 Å². The minimum atomic E-state index is -1.09. The normalized spacial score (nSPS) is 22.1. The highest BCUT2D eigenvalue weighted by Crippen LogP contribution is 2.40. The third-order valence-electron chi connectivity index (χ3n) is 6.84. The van der Waals surface area contributed by atoms with Gasteiger partial charge in [0.2, 0.25) is 0 Å². The summed E-state index contributed by atoms with van der Waals surface area (Å²) in [5.74, 6) is -1.58. The molecule has 0 bridgehead atoms. The number of hydrogen-bond donors (Lipinski definition) is 0. The Morgan fingerprint density at radius 3 is 2.31 bits per heavy atom. The van der Waals surface area contributed by atoms with Gasteiger partial charge < -0.3 is 0 Å². The number of carbonyl (C=O) groups is 3. The van der Waals surface area contributed by atoms with Crippen molar-refractivity contribution in [3.63, 3.8) is 0 Å². The fourth-order valence-corrected chi connectivity index (χ4v) is 5.81. The van der Waals surface area contributed by atoms with Gasteiger partial charge in [-0.25, -0.2) is 9.91 Å². The second-order valence-corrected chi connectivity index (χ2v) is 10.9. The van der Waals surface area contributed by atoms with Crippen LogP contribution in [0.2, 0.25) is 10.0 Å². The van der Waals surface area contributed by atoms with Gasteiger partial charge in [0.05, 0.1) is 27.5 Å². The molecule has 0 aromatic heterocycles. The highest BCUT2D eigenvalue weighted by molar-refractivity contribution is 9.10. The summed E-state index contributed by atoms with van der Waals surface area (Å²) < 4.78 is 0.939. The zero-order valence-corrected chi connectivity index (χ0v) is 23.2. The number of fused-ring (bicyclic) bond motifs is 1. The molecular formula is C27H19BrCl2N6O3. The van der Waals surface area contributed by atoms with Gasteiger partial charge in [-0.15, -0.1) is 0 Å². The topological polar surface area (TPSA) is 98.0 Å². The third kappa shape index (κ3) is 4.52. The second kappa shape index (κ2) is 10.2. The maximum Gasteiger partial charge on any atom is 0.264 e. The number of halogens is 3. The van der Waals surface area contributed by atoms with Gasteiger partial charge in [-0.2, -0.15) is 10.2 Å². The number of carbonyl (C=O) groups excluding carboxylic acids is 3. The van der Waals surface area contributed by atoms with Crippen LogP contribution in [-0.2, 0) is 14.4 Å². The van der Waals surface area contributed by atoms with Crippen LogP contribution in [0, 0.1) is 0 Å². The Bertz CT molecular complexity index is 1530. The van der Waals surface area contributed by atoms with Crippen molar-refractivity contribution in [1.29, 1.82) is 0 Å². The molecule has 0 radical (unpaired) electrons. The molecule has 3 aromatic rings. The molecule has 0 aliphatic carbocycles. The molecule has 196 valence electrons. The number of nitrogens with zero attached hydrogens (tertiary/aromatic N) is 6. The molecule has 12 heteroatoms. The fourth-order valence-electron chi connectivity index (χ4n) is 4.98. The molecule has 1 saturated heterocycles. The fraction of sp³-hybridized carbons (Fsp3) is 0.185.